The van der Waals surface area contributed by atoms with E-state index in [-0.39, 0.29) is 18.4 Å². The Morgan fingerprint density at radius 3 is 2.72 bits per heavy atom. The van der Waals surface area contributed by atoms with E-state index in [4.69, 9.17) is 0 Å². The summed E-state index contributed by atoms with van der Waals surface area (Å²) in [5, 5.41) is 2.73. The van der Waals surface area contributed by atoms with E-state index >= 15 is 0 Å². The van der Waals surface area contributed by atoms with E-state index in [9.17, 15) is 9.59 Å². The minimum absolute atomic E-state index is 0.0531. The predicted octanol–water partition coefficient (Wildman–Crippen LogP) is 1.26. The van der Waals surface area contributed by atoms with Gasteiger partial charge in [0, 0.05) is 6.54 Å². The molecule has 0 spiro atoms. The van der Waals surface area contributed by atoms with Crippen molar-refractivity contribution in [1.82, 2.24) is 10.2 Å². The summed E-state index contributed by atoms with van der Waals surface area (Å²) in [4.78, 5) is 25.5. The largest absolute Gasteiger partial charge is 0.339 e. The van der Waals surface area contributed by atoms with Crippen molar-refractivity contribution >= 4 is 11.8 Å². The van der Waals surface area contributed by atoms with Gasteiger partial charge >= 0.3 is 0 Å². The highest BCUT2D eigenvalue weighted by Crippen LogP contribution is 2.19. The fourth-order valence-electron chi connectivity index (χ4n) is 2.01. The number of piperazine rings is 1. The molecule has 1 aromatic carbocycles. The highest BCUT2D eigenvalue weighted by molar-refractivity contribution is 5.95. The van der Waals surface area contributed by atoms with Crippen LogP contribution in [0, 0.1) is 0 Å². The molecule has 1 atom stereocenters. The number of carbonyl (C=O) groups is 2. The summed E-state index contributed by atoms with van der Waals surface area (Å²) >= 11 is 0. The molecule has 0 radical (unpaired) electrons. The fraction of sp³-hybridized carbons (Fsp3) is 0.286. The van der Waals surface area contributed by atoms with Crippen LogP contribution >= 0.6 is 0 Å². The molecule has 1 fully saturated rings. The molecule has 0 aromatic heterocycles. The molecule has 1 aliphatic rings. The molecule has 1 aliphatic heterocycles. The van der Waals surface area contributed by atoms with Gasteiger partial charge in [0.25, 0.3) is 0 Å². The van der Waals surface area contributed by atoms with Gasteiger partial charge in [0.05, 0.1) is 6.54 Å². The molecule has 1 aromatic rings. The van der Waals surface area contributed by atoms with Crippen LogP contribution in [-0.4, -0.2) is 29.8 Å². The summed E-state index contributed by atoms with van der Waals surface area (Å²) < 4.78 is 0. The molecular formula is C14H16N2O2. The summed E-state index contributed by atoms with van der Waals surface area (Å²) in [6.07, 6.45) is 2.44. The van der Waals surface area contributed by atoms with Gasteiger partial charge in [0.1, 0.15) is 6.04 Å². The van der Waals surface area contributed by atoms with E-state index in [1.54, 1.807) is 11.0 Å². The molecule has 18 heavy (non-hydrogen) atoms. The van der Waals surface area contributed by atoms with Crippen LogP contribution in [0.1, 0.15) is 18.0 Å². The maximum atomic E-state index is 12.3. The second kappa shape index (κ2) is 5.49. The lowest BCUT2D eigenvalue weighted by Gasteiger charge is -2.32. The topological polar surface area (TPSA) is 49.4 Å². The molecule has 0 aliphatic carbocycles. The van der Waals surface area contributed by atoms with Crippen LogP contribution in [0.2, 0.25) is 0 Å². The number of nitrogens with zero attached hydrogens (tertiary/aromatic N) is 1. The first-order valence-electron chi connectivity index (χ1n) is 5.96. The number of carbonyl (C=O) groups excluding carboxylic acids is 2. The molecule has 1 saturated heterocycles. The maximum absolute atomic E-state index is 12.3. The van der Waals surface area contributed by atoms with E-state index in [1.165, 1.54) is 0 Å². The van der Waals surface area contributed by atoms with E-state index in [2.05, 4.69) is 11.9 Å². The van der Waals surface area contributed by atoms with Gasteiger partial charge in [-0.05, 0) is 12.0 Å². The van der Waals surface area contributed by atoms with Crippen LogP contribution in [-0.2, 0) is 9.59 Å². The Morgan fingerprint density at radius 1 is 1.33 bits per heavy atom. The van der Waals surface area contributed by atoms with E-state index in [0.717, 1.165) is 5.56 Å². The zero-order valence-electron chi connectivity index (χ0n) is 10.1. The van der Waals surface area contributed by atoms with Gasteiger partial charge in [0.2, 0.25) is 11.8 Å². The second-order valence-electron chi connectivity index (χ2n) is 4.25. The quantitative estimate of drug-likeness (QED) is 0.811. The van der Waals surface area contributed by atoms with Crippen LogP contribution < -0.4 is 5.32 Å². The molecule has 94 valence electrons. The second-order valence-corrected chi connectivity index (χ2v) is 4.25. The Hall–Kier alpha value is -2.10. The van der Waals surface area contributed by atoms with Crippen LogP contribution in [0.4, 0.5) is 0 Å². The Labute approximate surface area is 106 Å². The summed E-state index contributed by atoms with van der Waals surface area (Å²) in [5.41, 5.74) is 0.819. The van der Waals surface area contributed by atoms with Gasteiger partial charge in [-0.15, -0.1) is 6.58 Å². The Kier molecular flexibility index (Phi) is 3.77. The summed E-state index contributed by atoms with van der Waals surface area (Å²) in [5.74, 6) is -0.171. The van der Waals surface area contributed by atoms with Gasteiger partial charge < -0.3 is 10.2 Å². The number of nitrogens with one attached hydrogen (secondary N) is 1. The Balaban J connectivity index is 2.17. The van der Waals surface area contributed by atoms with Gasteiger partial charge in [-0.2, -0.15) is 0 Å². The van der Waals surface area contributed by atoms with Crippen molar-refractivity contribution in [2.75, 3.05) is 13.1 Å². The summed E-state index contributed by atoms with van der Waals surface area (Å²) in [6.45, 7) is 4.30. The third-order valence-corrected chi connectivity index (χ3v) is 2.93. The molecule has 1 unspecified atom stereocenters. The maximum Gasteiger partial charge on any atom is 0.250 e. The number of benzene rings is 1. The first kappa shape index (κ1) is 12.4. The average molecular weight is 244 g/mol. The molecule has 0 saturated carbocycles. The summed E-state index contributed by atoms with van der Waals surface area (Å²) in [6, 6.07) is 8.74. The van der Waals surface area contributed by atoms with Crippen molar-refractivity contribution < 1.29 is 9.59 Å². The Morgan fingerprint density at radius 2 is 2.06 bits per heavy atom. The van der Waals surface area contributed by atoms with Gasteiger partial charge in [-0.1, -0.05) is 36.4 Å². The zero-order chi connectivity index (χ0) is 13.0. The molecule has 1 N–H and O–H groups in total. The van der Waals surface area contributed by atoms with E-state index in [0.29, 0.717) is 13.0 Å². The third kappa shape index (κ3) is 2.59. The normalized spacial score (nSPS) is 19.6. The minimum atomic E-state index is -0.558. The third-order valence-electron chi connectivity index (χ3n) is 2.93. The molecular weight excluding hydrogens is 228 g/mol. The number of hydrogen-bond acceptors (Lipinski definition) is 2. The van der Waals surface area contributed by atoms with Crippen molar-refractivity contribution in [3.8, 4) is 0 Å². The number of rotatable bonds is 4. The lowest BCUT2D eigenvalue weighted by atomic mass is 10.0. The van der Waals surface area contributed by atoms with Crippen molar-refractivity contribution in [2.24, 2.45) is 0 Å². The molecule has 2 rings (SSSR count). The van der Waals surface area contributed by atoms with E-state index in [1.807, 2.05) is 30.3 Å². The van der Waals surface area contributed by atoms with E-state index < -0.39 is 6.04 Å². The molecule has 4 nitrogen and oxygen atoms in total. The average Bonchev–Trinajstić information content (AvgIpc) is 2.40. The van der Waals surface area contributed by atoms with Crippen molar-refractivity contribution in [2.45, 2.75) is 12.5 Å². The van der Waals surface area contributed by atoms with Crippen LogP contribution in [0.25, 0.3) is 0 Å². The first-order chi connectivity index (χ1) is 8.72. The molecule has 0 bridgehead atoms. The fourth-order valence-corrected chi connectivity index (χ4v) is 2.01. The van der Waals surface area contributed by atoms with Crippen LogP contribution in [0.15, 0.2) is 43.0 Å². The lowest BCUT2D eigenvalue weighted by Crippen LogP contribution is -2.53. The smallest absolute Gasteiger partial charge is 0.250 e. The molecule has 2 amide bonds. The highest BCUT2D eigenvalue weighted by Gasteiger charge is 2.32. The standard InChI is InChI=1S/C14H16N2O2/c1-2-3-9-16-10-12(17)15-13(14(16)18)11-7-5-4-6-8-11/h2,4-8,13H,1,3,9-10H2,(H,15,17). The van der Waals surface area contributed by atoms with Gasteiger partial charge in [-0.25, -0.2) is 0 Å². The monoisotopic (exact) mass is 244 g/mol. The van der Waals surface area contributed by atoms with Crippen LogP contribution in [0.5, 0.6) is 0 Å². The Bertz CT molecular complexity index is 456. The minimum Gasteiger partial charge on any atom is -0.339 e. The lowest BCUT2D eigenvalue weighted by molar-refractivity contribution is -0.144. The van der Waals surface area contributed by atoms with Crippen molar-refractivity contribution in [1.29, 1.82) is 0 Å². The zero-order valence-corrected chi connectivity index (χ0v) is 10.1. The van der Waals surface area contributed by atoms with Crippen LogP contribution in [0.3, 0.4) is 0 Å². The number of amides is 2. The van der Waals surface area contributed by atoms with Gasteiger partial charge in [-0.3, -0.25) is 9.59 Å². The SMILES string of the molecule is C=CCCN1CC(=O)NC(c2ccccc2)C1=O. The summed E-state index contributed by atoms with van der Waals surface area (Å²) in [7, 11) is 0. The molecule has 4 heteroatoms. The highest BCUT2D eigenvalue weighted by atomic mass is 16.2. The van der Waals surface area contributed by atoms with Crippen molar-refractivity contribution in [3.05, 3.63) is 48.6 Å². The van der Waals surface area contributed by atoms with Gasteiger partial charge in [0.15, 0.2) is 0 Å². The predicted molar refractivity (Wildman–Crippen MR) is 68.7 cm³/mol. The molecule has 1 heterocycles. The van der Waals surface area contributed by atoms with Crippen molar-refractivity contribution in [3.63, 3.8) is 0 Å². The number of hydrogen-bond donors (Lipinski definition) is 1. The first-order valence-corrected chi connectivity index (χ1v) is 5.96.